The van der Waals surface area contributed by atoms with Crippen LogP contribution in [0, 0.1) is 5.92 Å². The summed E-state index contributed by atoms with van der Waals surface area (Å²) in [5.74, 6) is 0.506. The Hall–Kier alpha value is -1.13. The van der Waals surface area contributed by atoms with E-state index in [1.807, 2.05) is 12.3 Å². The van der Waals surface area contributed by atoms with Crippen LogP contribution in [0.1, 0.15) is 24.9 Å². The van der Waals surface area contributed by atoms with Crippen LogP contribution in [-0.4, -0.2) is 24.7 Å². The summed E-state index contributed by atoms with van der Waals surface area (Å²) in [4.78, 5) is 4.16. The molecule has 1 aromatic heterocycles. The molecule has 2 unspecified atom stereocenters. The summed E-state index contributed by atoms with van der Waals surface area (Å²) in [7, 11) is 0. The molecule has 1 saturated heterocycles. The Morgan fingerprint density at radius 3 is 3.19 bits per heavy atom. The Labute approximate surface area is 96.2 Å². The third kappa shape index (κ3) is 2.33. The minimum Gasteiger partial charge on any atom is -0.398 e. The van der Waals surface area contributed by atoms with Crippen LogP contribution in [0.5, 0.6) is 0 Å². The van der Waals surface area contributed by atoms with Gasteiger partial charge in [0, 0.05) is 42.2 Å². The lowest BCUT2D eigenvalue weighted by Crippen LogP contribution is -2.29. The second-order valence-electron chi connectivity index (χ2n) is 4.16. The molecule has 0 saturated carbocycles. The molecule has 0 radical (unpaired) electrons. The average Bonchev–Trinajstić information content (AvgIpc) is 2.80. The molecule has 4 heteroatoms. The molecular formula is C12H19N3O. The molecule has 1 aliphatic rings. The van der Waals surface area contributed by atoms with E-state index in [9.17, 15) is 0 Å². The molecule has 0 aliphatic carbocycles. The number of nitrogens with two attached hydrogens (primary N) is 1. The highest BCUT2D eigenvalue weighted by atomic mass is 16.5. The van der Waals surface area contributed by atoms with Crippen LogP contribution in [0.2, 0.25) is 0 Å². The van der Waals surface area contributed by atoms with E-state index in [0.29, 0.717) is 5.92 Å². The first-order chi connectivity index (χ1) is 7.83. The molecule has 0 aromatic carbocycles. The monoisotopic (exact) mass is 221 g/mol. The fourth-order valence-electron chi connectivity index (χ4n) is 2.24. The van der Waals surface area contributed by atoms with Gasteiger partial charge in [0.25, 0.3) is 0 Å². The molecule has 4 nitrogen and oxygen atoms in total. The van der Waals surface area contributed by atoms with Gasteiger partial charge >= 0.3 is 0 Å². The normalized spacial score (nSPS) is 22.2. The van der Waals surface area contributed by atoms with Crippen molar-refractivity contribution in [3.8, 4) is 0 Å². The van der Waals surface area contributed by atoms with Crippen molar-refractivity contribution < 1.29 is 4.74 Å². The van der Waals surface area contributed by atoms with E-state index in [-0.39, 0.29) is 6.04 Å². The van der Waals surface area contributed by atoms with Crippen molar-refractivity contribution in [2.24, 2.45) is 5.92 Å². The van der Waals surface area contributed by atoms with Gasteiger partial charge in [0.1, 0.15) is 0 Å². The Morgan fingerprint density at radius 1 is 1.69 bits per heavy atom. The predicted molar refractivity (Wildman–Crippen MR) is 64.0 cm³/mol. The molecule has 0 spiro atoms. The van der Waals surface area contributed by atoms with Gasteiger partial charge in [-0.05, 0) is 19.0 Å². The van der Waals surface area contributed by atoms with Crippen LogP contribution < -0.4 is 11.1 Å². The van der Waals surface area contributed by atoms with Crippen molar-refractivity contribution in [2.45, 2.75) is 19.4 Å². The lowest BCUT2D eigenvalue weighted by Gasteiger charge is -2.24. The number of ether oxygens (including phenoxy) is 1. The number of hydrogen-bond donors (Lipinski definition) is 2. The SMILES string of the molecule is CCNC(c1cnccc1N)C1CCOC1. The van der Waals surface area contributed by atoms with Crippen LogP contribution in [-0.2, 0) is 4.74 Å². The largest absolute Gasteiger partial charge is 0.398 e. The van der Waals surface area contributed by atoms with Gasteiger partial charge in [0.2, 0.25) is 0 Å². The Kier molecular flexibility index (Phi) is 3.74. The summed E-state index contributed by atoms with van der Waals surface area (Å²) in [6, 6.07) is 2.12. The van der Waals surface area contributed by atoms with E-state index in [2.05, 4.69) is 17.2 Å². The molecule has 0 bridgehead atoms. The predicted octanol–water partition coefficient (Wildman–Crippen LogP) is 1.35. The van der Waals surface area contributed by atoms with Crippen molar-refractivity contribution in [1.82, 2.24) is 10.3 Å². The third-order valence-corrected chi connectivity index (χ3v) is 3.08. The summed E-state index contributed by atoms with van der Waals surface area (Å²) < 4.78 is 5.44. The number of nitrogens with one attached hydrogen (secondary N) is 1. The van der Waals surface area contributed by atoms with Crippen molar-refractivity contribution in [3.63, 3.8) is 0 Å². The van der Waals surface area contributed by atoms with E-state index in [1.54, 1.807) is 6.20 Å². The number of nitrogens with zero attached hydrogens (tertiary/aromatic N) is 1. The highest BCUT2D eigenvalue weighted by Gasteiger charge is 2.27. The van der Waals surface area contributed by atoms with E-state index >= 15 is 0 Å². The van der Waals surface area contributed by atoms with Crippen LogP contribution in [0.4, 0.5) is 5.69 Å². The maximum Gasteiger partial charge on any atom is 0.0513 e. The summed E-state index contributed by atoms with van der Waals surface area (Å²) in [5, 5.41) is 3.48. The first kappa shape index (κ1) is 11.4. The van der Waals surface area contributed by atoms with Crippen LogP contribution in [0.3, 0.4) is 0 Å². The van der Waals surface area contributed by atoms with Gasteiger partial charge in [-0.25, -0.2) is 0 Å². The summed E-state index contributed by atoms with van der Waals surface area (Å²) in [6.45, 7) is 4.70. The smallest absolute Gasteiger partial charge is 0.0513 e. The zero-order valence-corrected chi connectivity index (χ0v) is 9.65. The van der Waals surface area contributed by atoms with E-state index < -0.39 is 0 Å². The fraction of sp³-hybridized carbons (Fsp3) is 0.583. The highest BCUT2D eigenvalue weighted by Crippen LogP contribution is 2.31. The number of hydrogen-bond acceptors (Lipinski definition) is 4. The van der Waals surface area contributed by atoms with Crippen molar-refractivity contribution >= 4 is 5.69 Å². The summed E-state index contributed by atoms with van der Waals surface area (Å²) in [6.07, 6.45) is 4.68. The van der Waals surface area contributed by atoms with Gasteiger partial charge in [0.05, 0.1) is 6.61 Å². The molecular weight excluding hydrogens is 202 g/mol. The van der Waals surface area contributed by atoms with Crippen molar-refractivity contribution in [2.75, 3.05) is 25.5 Å². The van der Waals surface area contributed by atoms with Crippen LogP contribution in [0.15, 0.2) is 18.5 Å². The Bertz CT molecular complexity index is 337. The summed E-state index contributed by atoms with van der Waals surface area (Å²) >= 11 is 0. The number of aromatic nitrogens is 1. The quantitative estimate of drug-likeness (QED) is 0.805. The molecule has 2 rings (SSSR count). The topological polar surface area (TPSA) is 60.2 Å². The lowest BCUT2D eigenvalue weighted by atomic mass is 9.92. The minimum absolute atomic E-state index is 0.265. The first-order valence-electron chi connectivity index (χ1n) is 5.83. The minimum atomic E-state index is 0.265. The summed E-state index contributed by atoms with van der Waals surface area (Å²) in [5.41, 5.74) is 7.91. The van der Waals surface area contributed by atoms with Crippen LogP contribution in [0.25, 0.3) is 0 Å². The molecule has 2 heterocycles. The molecule has 16 heavy (non-hydrogen) atoms. The zero-order valence-electron chi connectivity index (χ0n) is 9.65. The Balaban J connectivity index is 2.21. The van der Waals surface area contributed by atoms with Crippen molar-refractivity contribution in [3.05, 3.63) is 24.0 Å². The van der Waals surface area contributed by atoms with Crippen LogP contribution >= 0.6 is 0 Å². The maximum absolute atomic E-state index is 6.00. The second kappa shape index (κ2) is 5.27. The number of rotatable bonds is 4. The number of anilines is 1. The molecule has 88 valence electrons. The molecule has 0 amide bonds. The van der Waals surface area contributed by atoms with Gasteiger partial charge in [-0.2, -0.15) is 0 Å². The first-order valence-corrected chi connectivity index (χ1v) is 5.83. The lowest BCUT2D eigenvalue weighted by molar-refractivity contribution is 0.177. The van der Waals surface area contributed by atoms with Crippen molar-refractivity contribution in [1.29, 1.82) is 0 Å². The molecule has 3 N–H and O–H groups in total. The molecule has 1 aliphatic heterocycles. The zero-order chi connectivity index (χ0) is 11.4. The van der Waals surface area contributed by atoms with Gasteiger partial charge < -0.3 is 15.8 Å². The second-order valence-corrected chi connectivity index (χ2v) is 4.16. The van der Waals surface area contributed by atoms with Gasteiger partial charge in [-0.3, -0.25) is 4.98 Å². The van der Waals surface area contributed by atoms with Gasteiger partial charge in [0.15, 0.2) is 0 Å². The van der Waals surface area contributed by atoms with Gasteiger partial charge in [-0.15, -0.1) is 0 Å². The molecule has 1 aromatic rings. The average molecular weight is 221 g/mol. The molecule has 2 atom stereocenters. The highest BCUT2D eigenvalue weighted by molar-refractivity contribution is 5.46. The third-order valence-electron chi connectivity index (χ3n) is 3.08. The maximum atomic E-state index is 6.00. The van der Waals surface area contributed by atoms with Gasteiger partial charge in [-0.1, -0.05) is 6.92 Å². The fourth-order valence-corrected chi connectivity index (χ4v) is 2.24. The Morgan fingerprint density at radius 2 is 2.56 bits per heavy atom. The molecule has 1 fully saturated rings. The van der Waals surface area contributed by atoms with E-state index in [4.69, 9.17) is 10.5 Å². The van der Waals surface area contributed by atoms with E-state index in [0.717, 1.165) is 37.4 Å². The number of pyridine rings is 1. The number of nitrogen functional groups attached to an aromatic ring is 1. The van der Waals surface area contributed by atoms with E-state index in [1.165, 1.54) is 0 Å². The standard InChI is InChI=1S/C12H19N3O/c1-2-15-12(9-4-6-16-8-9)10-7-14-5-3-11(10)13/h3,5,7,9,12,15H,2,4,6,8H2,1H3,(H2,13,14).